The average molecular weight is 327 g/mol. The lowest BCUT2D eigenvalue weighted by molar-refractivity contribution is -0.124. The molecular weight excluding hydrogens is 304 g/mol. The Hall–Kier alpha value is -1.46. The highest BCUT2D eigenvalue weighted by Crippen LogP contribution is 2.26. The van der Waals surface area contributed by atoms with Crippen molar-refractivity contribution >= 4 is 18.3 Å². The summed E-state index contributed by atoms with van der Waals surface area (Å²) in [6.45, 7) is 0.0480. The van der Waals surface area contributed by atoms with Crippen molar-refractivity contribution < 1.29 is 14.3 Å². The van der Waals surface area contributed by atoms with Gasteiger partial charge in [0.2, 0.25) is 0 Å². The second kappa shape index (κ2) is 7.70. The van der Waals surface area contributed by atoms with Crippen LogP contribution in [-0.2, 0) is 4.79 Å². The van der Waals surface area contributed by atoms with Gasteiger partial charge in [-0.3, -0.25) is 4.79 Å². The molecule has 2 fully saturated rings. The van der Waals surface area contributed by atoms with Crippen LogP contribution >= 0.6 is 12.4 Å². The largest absolute Gasteiger partial charge is 0.497 e. The van der Waals surface area contributed by atoms with Crippen molar-refractivity contribution in [3.05, 3.63) is 24.3 Å². The monoisotopic (exact) mass is 326 g/mol. The normalized spacial score (nSPS) is 26.0. The molecule has 2 saturated heterocycles. The molecule has 3 rings (SSSR count). The minimum atomic E-state index is -0.0517. The van der Waals surface area contributed by atoms with Crippen LogP contribution in [0.3, 0.4) is 0 Å². The lowest BCUT2D eigenvalue weighted by atomic mass is 10.00. The van der Waals surface area contributed by atoms with E-state index in [1.165, 1.54) is 12.8 Å². The number of benzene rings is 1. The smallest absolute Gasteiger partial charge is 0.258 e. The quantitative estimate of drug-likeness (QED) is 0.867. The van der Waals surface area contributed by atoms with E-state index in [1.54, 1.807) is 13.2 Å². The number of hydrogen-bond donors (Lipinski definition) is 2. The second-order valence-electron chi connectivity index (χ2n) is 5.84. The molecule has 2 bridgehead atoms. The van der Waals surface area contributed by atoms with Crippen LogP contribution in [0.2, 0.25) is 0 Å². The molecule has 2 aliphatic heterocycles. The number of nitrogens with one attached hydrogen (secondary N) is 2. The van der Waals surface area contributed by atoms with Crippen molar-refractivity contribution in [2.45, 2.75) is 43.8 Å². The molecule has 0 spiro atoms. The Bertz CT molecular complexity index is 500. The summed E-state index contributed by atoms with van der Waals surface area (Å²) in [5, 5.41) is 6.65. The first-order valence-electron chi connectivity index (χ1n) is 7.55. The van der Waals surface area contributed by atoms with E-state index in [-0.39, 0.29) is 31.0 Å². The fourth-order valence-electron chi connectivity index (χ4n) is 3.28. The Kier molecular flexibility index (Phi) is 5.91. The number of carbonyl (C=O) groups excluding carboxylic acids is 1. The van der Waals surface area contributed by atoms with Gasteiger partial charge < -0.3 is 20.1 Å². The van der Waals surface area contributed by atoms with E-state index in [1.807, 2.05) is 18.2 Å². The maximum absolute atomic E-state index is 12.0. The summed E-state index contributed by atoms with van der Waals surface area (Å²) in [4.78, 5) is 12.0. The van der Waals surface area contributed by atoms with E-state index in [9.17, 15) is 4.79 Å². The van der Waals surface area contributed by atoms with E-state index in [4.69, 9.17) is 9.47 Å². The Balaban J connectivity index is 0.00000176. The molecular formula is C16H23ClN2O3. The van der Waals surface area contributed by atoms with Gasteiger partial charge in [0.15, 0.2) is 6.61 Å². The number of ether oxygens (including phenoxy) is 2. The molecule has 1 amide bonds. The number of methoxy groups -OCH3 is 1. The van der Waals surface area contributed by atoms with E-state index in [2.05, 4.69) is 10.6 Å². The minimum Gasteiger partial charge on any atom is -0.497 e. The van der Waals surface area contributed by atoms with Crippen LogP contribution < -0.4 is 20.1 Å². The summed E-state index contributed by atoms with van der Waals surface area (Å²) in [7, 11) is 1.61. The van der Waals surface area contributed by atoms with Crippen LogP contribution in [0, 0.1) is 0 Å². The highest BCUT2D eigenvalue weighted by molar-refractivity contribution is 5.85. The maximum atomic E-state index is 12.0. The predicted molar refractivity (Wildman–Crippen MR) is 86.8 cm³/mol. The standard InChI is InChI=1S/C16H22N2O3.ClH/c1-20-14-3-2-4-15(9-14)21-10-16(19)18-13-7-11-5-6-12(8-13)17-11;/h2-4,9,11-13,17H,5-8,10H2,1H3,(H,18,19);1H. The van der Waals surface area contributed by atoms with E-state index in [0.29, 0.717) is 17.8 Å². The first-order chi connectivity index (χ1) is 10.2. The molecule has 2 unspecified atom stereocenters. The molecule has 1 aromatic carbocycles. The fourth-order valence-corrected chi connectivity index (χ4v) is 3.28. The summed E-state index contributed by atoms with van der Waals surface area (Å²) in [6.07, 6.45) is 4.53. The number of piperidine rings is 1. The number of carbonyl (C=O) groups is 1. The summed E-state index contributed by atoms with van der Waals surface area (Å²) < 4.78 is 10.6. The molecule has 0 saturated carbocycles. The number of hydrogen-bond acceptors (Lipinski definition) is 4. The van der Waals surface area contributed by atoms with Gasteiger partial charge in [0.05, 0.1) is 7.11 Å². The number of fused-ring (bicyclic) bond motifs is 2. The van der Waals surface area contributed by atoms with E-state index < -0.39 is 0 Å². The first kappa shape index (κ1) is 16.9. The molecule has 2 aliphatic rings. The lowest BCUT2D eigenvalue weighted by Crippen LogP contribution is -2.48. The highest BCUT2D eigenvalue weighted by Gasteiger charge is 2.33. The lowest BCUT2D eigenvalue weighted by Gasteiger charge is -2.29. The summed E-state index contributed by atoms with van der Waals surface area (Å²) in [5.74, 6) is 1.32. The van der Waals surface area contributed by atoms with Crippen LogP contribution in [0.5, 0.6) is 11.5 Å². The molecule has 2 N–H and O–H groups in total. The van der Waals surface area contributed by atoms with Gasteiger partial charge in [0.1, 0.15) is 11.5 Å². The number of amides is 1. The predicted octanol–water partition coefficient (Wildman–Crippen LogP) is 1.90. The summed E-state index contributed by atoms with van der Waals surface area (Å²) >= 11 is 0. The zero-order chi connectivity index (χ0) is 14.7. The van der Waals surface area contributed by atoms with Crippen LogP contribution in [0.25, 0.3) is 0 Å². The SMILES string of the molecule is COc1cccc(OCC(=O)NC2CC3CCC(C2)N3)c1.Cl. The molecule has 2 atom stereocenters. The Labute approximate surface area is 137 Å². The molecule has 22 heavy (non-hydrogen) atoms. The highest BCUT2D eigenvalue weighted by atomic mass is 35.5. The van der Waals surface area contributed by atoms with Gasteiger partial charge in [0, 0.05) is 24.2 Å². The zero-order valence-electron chi connectivity index (χ0n) is 12.7. The average Bonchev–Trinajstić information content (AvgIpc) is 2.84. The van der Waals surface area contributed by atoms with Crippen molar-refractivity contribution in [3.8, 4) is 11.5 Å². The zero-order valence-corrected chi connectivity index (χ0v) is 13.5. The van der Waals surface area contributed by atoms with Crippen molar-refractivity contribution in [1.82, 2.24) is 10.6 Å². The third-order valence-electron chi connectivity index (χ3n) is 4.25. The first-order valence-corrected chi connectivity index (χ1v) is 7.55. The van der Waals surface area contributed by atoms with E-state index in [0.717, 1.165) is 18.6 Å². The van der Waals surface area contributed by atoms with Gasteiger partial charge in [-0.15, -0.1) is 12.4 Å². The third-order valence-corrected chi connectivity index (χ3v) is 4.25. The summed E-state index contributed by atoms with van der Waals surface area (Å²) in [6, 6.07) is 8.72. The van der Waals surface area contributed by atoms with Crippen molar-refractivity contribution in [2.24, 2.45) is 0 Å². The van der Waals surface area contributed by atoms with Crippen LogP contribution in [0.15, 0.2) is 24.3 Å². The minimum absolute atomic E-state index is 0. The molecule has 0 radical (unpaired) electrons. The molecule has 0 aromatic heterocycles. The van der Waals surface area contributed by atoms with Gasteiger partial charge in [-0.05, 0) is 37.8 Å². The van der Waals surface area contributed by atoms with Crippen molar-refractivity contribution in [2.75, 3.05) is 13.7 Å². The maximum Gasteiger partial charge on any atom is 0.258 e. The molecule has 0 aliphatic carbocycles. The second-order valence-corrected chi connectivity index (χ2v) is 5.84. The molecule has 122 valence electrons. The molecule has 5 nitrogen and oxygen atoms in total. The topological polar surface area (TPSA) is 59.6 Å². The van der Waals surface area contributed by atoms with Crippen LogP contribution in [0.1, 0.15) is 25.7 Å². The van der Waals surface area contributed by atoms with Gasteiger partial charge in [-0.25, -0.2) is 0 Å². The van der Waals surface area contributed by atoms with Gasteiger partial charge >= 0.3 is 0 Å². The molecule has 1 aromatic rings. The Morgan fingerprint density at radius 1 is 1.27 bits per heavy atom. The van der Waals surface area contributed by atoms with Gasteiger partial charge in [0.25, 0.3) is 5.91 Å². The Morgan fingerprint density at radius 3 is 2.64 bits per heavy atom. The van der Waals surface area contributed by atoms with Gasteiger partial charge in [-0.2, -0.15) is 0 Å². The van der Waals surface area contributed by atoms with Crippen LogP contribution in [0.4, 0.5) is 0 Å². The van der Waals surface area contributed by atoms with Crippen LogP contribution in [-0.4, -0.2) is 37.7 Å². The van der Waals surface area contributed by atoms with Crippen molar-refractivity contribution in [3.63, 3.8) is 0 Å². The van der Waals surface area contributed by atoms with E-state index >= 15 is 0 Å². The number of halogens is 1. The third kappa shape index (κ3) is 4.27. The fraction of sp³-hybridized carbons (Fsp3) is 0.562. The van der Waals surface area contributed by atoms with Crippen molar-refractivity contribution in [1.29, 1.82) is 0 Å². The molecule has 2 heterocycles. The molecule has 6 heteroatoms. The van der Waals surface area contributed by atoms with Gasteiger partial charge in [-0.1, -0.05) is 6.07 Å². The number of rotatable bonds is 5. The summed E-state index contributed by atoms with van der Waals surface area (Å²) in [5.41, 5.74) is 0. The Morgan fingerprint density at radius 2 is 1.95 bits per heavy atom.